The first-order valence-electron chi connectivity index (χ1n) is 6.47. The second-order valence-corrected chi connectivity index (χ2v) is 4.78. The Labute approximate surface area is 114 Å². The second kappa shape index (κ2) is 8.12. The van der Waals surface area contributed by atoms with Crippen LogP contribution < -0.4 is 10.5 Å². The lowest BCUT2D eigenvalue weighted by molar-refractivity contribution is 0.0543. The van der Waals surface area contributed by atoms with Crippen molar-refractivity contribution in [3.8, 4) is 5.75 Å². The minimum atomic E-state index is -0.590. The standard InChI is InChI=1S/C14H24N2O3/c1-11(9-17)16(2)8-13(18)10-19-14-5-3-12(7-15)4-6-14/h3-6,11,13,17-18H,7-10,15H2,1-2H3. The molecular weight excluding hydrogens is 244 g/mol. The molecule has 4 N–H and O–H groups in total. The maximum absolute atomic E-state index is 9.86. The molecule has 0 aliphatic heterocycles. The van der Waals surface area contributed by atoms with Crippen LogP contribution in [0, 0.1) is 0 Å². The molecule has 0 radical (unpaired) electrons. The SMILES string of the molecule is CC(CO)N(C)CC(O)COc1ccc(CN)cc1. The van der Waals surface area contributed by atoms with Gasteiger partial charge in [-0.2, -0.15) is 0 Å². The van der Waals surface area contributed by atoms with E-state index in [0.29, 0.717) is 18.8 Å². The lowest BCUT2D eigenvalue weighted by Gasteiger charge is -2.25. The summed E-state index contributed by atoms with van der Waals surface area (Å²) in [5.41, 5.74) is 6.56. The number of ether oxygens (including phenoxy) is 1. The summed E-state index contributed by atoms with van der Waals surface area (Å²) in [5.74, 6) is 0.717. The van der Waals surface area contributed by atoms with Gasteiger partial charge in [-0.1, -0.05) is 12.1 Å². The fraction of sp³-hybridized carbons (Fsp3) is 0.571. The van der Waals surface area contributed by atoms with Gasteiger partial charge in [0.05, 0.1) is 6.61 Å². The van der Waals surface area contributed by atoms with Gasteiger partial charge in [0.25, 0.3) is 0 Å². The number of rotatable bonds is 8. The van der Waals surface area contributed by atoms with Crippen molar-refractivity contribution >= 4 is 0 Å². The molecule has 1 aromatic rings. The van der Waals surface area contributed by atoms with Crippen LogP contribution in [0.3, 0.4) is 0 Å². The van der Waals surface area contributed by atoms with Crippen LogP contribution in [0.5, 0.6) is 5.75 Å². The molecule has 0 bridgehead atoms. The number of benzene rings is 1. The molecule has 0 saturated carbocycles. The van der Waals surface area contributed by atoms with Crippen molar-refractivity contribution < 1.29 is 14.9 Å². The highest BCUT2D eigenvalue weighted by molar-refractivity contribution is 5.27. The third-order valence-electron chi connectivity index (χ3n) is 3.12. The Morgan fingerprint density at radius 2 is 1.95 bits per heavy atom. The van der Waals surface area contributed by atoms with E-state index in [1.54, 1.807) is 0 Å². The number of hydrogen-bond donors (Lipinski definition) is 3. The summed E-state index contributed by atoms with van der Waals surface area (Å²) >= 11 is 0. The van der Waals surface area contributed by atoms with Crippen molar-refractivity contribution in [1.29, 1.82) is 0 Å². The van der Waals surface area contributed by atoms with Crippen LogP contribution in [0.15, 0.2) is 24.3 Å². The van der Waals surface area contributed by atoms with E-state index in [0.717, 1.165) is 5.56 Å². The zero-order valence-electron chi connectivity index (χ0n) is 11.6. The number of hydrogen-bond acceptors (Lipinski definition) is 5. The van der Waals surface area contributed by atoms with Gasteiger partial charge in [-0.05, 0) is 31.7 Å². The molecule has 108 valence electrons. The highest BCUT2D eigenvalue weighted by Gasteiger charge is 2.13. The zero-order valence-corrected chi connectivity index (χ0v) is 11.6. The van der Waals surface area contributed by atoms with Crippen LogP contribution in [0.1, 0.15) is 12.5 Å². The van der Waals surface area contributed by atoms with Gasteiger partial charge in [0, 0.05) is 19.1 Å². The van der Waals surface area contributed by atoms with Gasteiger partial charge in [0.2, 0.25) is 0 Å². The van der Waals surface area contributed by atoms with Crippen molar-refractivity contribution in [2.45, 2.75) is 25.6 Å². The molecule has 0 saturated heterocycles. The van der Waals surface area contributed by atoms with Crippen molar-refractivity contribution in [3.63, 3.8) is 0 Å². The number of nitrogens with zero attached hydrogens (tertiary/aromatic N) is 1. The lowest BCUT2D eigenvalue weighted by Crippen LogP contribution is -2.39. The van der Waals surface area contributed by atoms with Crippen molar-refractivity contribution in [2.75, 3.05) is 26.8 Å². The van der Waals surface area contributed by atoms with Crippen LogP contribution in [0.25, 0.3) is 0 Å². The number of aliphatic hydroxyl groups is 2. The van der Waals surface area contributed by atoms with E-state index < -0.39 is 6.10 Å². The van der Waals surface area contributed by atoms with Crippen LogP contribution >= 0.6 is 0 Å². The molecule has 2 unspecified atom stereocenters. The Kier molecular flexibility index (Phi) is 6.80. The van der Waals surface area contributed by atoms with Gasteiger partial charge in [-0.25, -0.2) is 0 Å². The fourth-order valence-corrected chi connectivity index (χ4v) is 1.62. The van der Waals surface area contributed by atoms with E-state index in [-0.39, 0.29) is 19.3 Å². The monoisotopic (exact) mass is 268 g/mol. The normalized spacial score (nSPS) is 14.4. The average molecular weight is 268 g/mol. The topological polar surface area (TPSA) is 79.0 Å². The summed E-state index contributed by atoms with van der Waals surface area (Å²) in [4.78, 5) is 1.89. The smallest absolute Gasteiger partial charge is 0.119 e. The molecule has 0 amide bonds. The maximum atomic E-state index is 9.86. The first-order valence-corrected chi connectivity index (χ1v) is 6.47. The molecule has 5 nitrogen and oxygen atoms in total. The molecule has 1 rings (SSSR count). The van der Waals surface area contributed by atoms with Crippen molar-refractivity contribution in [1.82, 2.24) is 4.90 Å². The minimum absolute atomic E-state index is 0.0264. The summed E-state index contributed by atoms with van der Waals surface area (Å²) < 4.78 is 5.50. The minimum Gasteiger partial charge on any atom is -0.491 e. The van der Waals surface area contributed by atoms with E-state index in [9.17, 15) is 5.11 Å². The van der Waals surface area contributed by atoms with Gasteiger partial charge >= 0.3 is 0 Å². The lowest BCUT2D eigenvalue weighted by atomic mass is 10.2. The Morgan fingerprint density at radius 1 is 1.32 bits per heavy atom. The molecule has 1 aromatic carbocycles. The first-order chi connectivity index (χ1) is 9.06. The Balaban J connectivity index is 2.34. The molecule has 0 spiro atoms. The predicted octanol–water partition coefficient (Wildman–Crippen LogP) is 0.198. The van der Waals surface area contributed by atoms with Crippen molar-refractivity contribution in [3.05, 3.63) is 29.8 Å². The number of likely N-dealkylation sites (N-methyl/N-ethyl adjacent to an activating group) is 1. The predicted molar refractivity (Wildman–Crippen MR) is 75.0 cm³/mol. The van der Waals surface area contributed by atoms with Gasteiger partial charge in [-0.3, -0.25) is 4.90 Å². The molecular formula is C14H24N2O3. The highest BCUT2D eigenvalue weighted by Crippen LogP contribution is 2.12. The van der Waals surface area contributed by atoms with E-state index in [1.165, 1.54) is 0 Å². The highest BCUT2D eigenvalue weighted by atomic mass is 16.5. The first kappa shape index (κ1) is 15.9. The largest absolute Gasteiger partial charge is 0.491 e. The third-order valence-corrected chi connectivity index (χ3v) is 3.12. The van der Waals surface area contributed by atoms with Crippen LogP contribution in [-0.2, 0) is 6.54 Å². The van der Waals surface area contributed by atoms with Gasteiger partial charge < -0.3 is 20.7 Å². The molecule has 0 aromatic heterocycles. The van der Waals surface area contributed by atoms with Gasteiger partial charge in [0.1, 0.15) is 18.5 Å². The van der Waals surface area contributed by atoms with Crippen LogP contribution in [0.2, 0.25) is 0 Å². The van der Waals surface area contributed by atoms with Crippen LogP contribution in [0.4, 0.5) is 0 Å². The summed E-state index contributed by atoms with van der Waals surface area (Å²) in [7, 11) is 1.86. The summed E-state index contributed by atoms with van der Waals surface area (Å²) in [6.07, 6.45) is -0.590. The molecule has 0 fully saturated rings. The van der Waals surface area contributed by atoms with Gasteiger partial charge in [-0.15, -0.1) is 0 Å². The molecule has 0 aliphatic rings. The number of nitrogens with two attached hydrogens (primary N) is 1. The van der Waals surface area contributed by atoms with Crippen LogP contribution in [-0.4, -0.2) is 54.1 Å². The van der Waals surface area contributed by atoms with E-state index >= 15 is 0 Å². The second-order valence-electron chi connectivity index (χ2n) is 4.78. The quantitative estimate of drug-likeness (QED) is 0.627. The Hall–Kier alpha value is -1.14. The summed E-state index contributed by atoms with van der Waals surface area (Å²) in [6.45, 7) is 3.17. The molecule has 0 aliphatic carbocycles. The van der Waals surface area contributed by atoms with E-state index in [1.807, 2.05) is 43.1 Å². The van der Waals surface area contributed by atoms with E-state index in [2.05, 4.69) is 0 Å². The average Bonchev–Trinajstić information content (AvgIpc) is 2.44. The van der Waals surface area contributed by atoms with E-state index in [4.69, 9.17) is 15.6 Å². The molecule has 19 heavy (non-hydrogen) atoms. The molecule has 2 atom stereocenters. The Morgan fingerprint density at radius 3 is 2.47 bits per heavy atom. The number of aliphatic hydroxyl groups excluding tert-OH is 2. The third kappa shape index (κ3) is 5.57. The van der Waals surface area contributed by atoms with Crippen molar-refractivity contribution in [2.24, 2.45) is 5.73 Å². The molecule has 0 heterocycles. The molecule has 5 heteroatoms. The fourth-order valence-electron chi connectivity index (χ4n) is 1.62. The summed E-state index contributed by atoms with van der Waals surface area (Å²) in [6, 6.07) is 7.52. The zero-order chi connectivity index (χ0) is 14.3. The summed E-state index contributed by atoms with van der Waals surface area (Å²) in [5, 5.41) is 18.9. The van der Waals surface area contributed by atoms with Gasteiger partial charge in [0.15, 0.2) is 0 Å². The Bertz CT molecular complexity index is 356. The maximum Gasteiger partial charge on any atom is 0.119 e.